The van der Waals surface area contributed by atoms with Crippen molar-refractivity contribution in [1.82, 2.24) is 10.6 Å². The van der Waals surface area contributed by atoms with Gasteiger partial charge >= 0.3 is 0 Å². The molecule has 0 aromatic heterocycles. The van der Waals surface area contributed by atoms with Gasteiger partial charge in [0, 0.05) is 26.1 Å². The summed E-state index contributed by atoms with van der Waals surface area (Å²) in [5, 5.41) is 6.23. The molecule has 14 heavy (non-hydrogen) atoms. The SMILES string of the molecule is COCCNC(=O)C1CC12CCNC2. The van der Waals surface area contributed by atoms with Crippen LogP contribution in [0.15, 0.2) is 0 Å². The molecule has 1 amide bonds. The Hall–Kier alpha value is -0.610. The van der Waals surface area contributed by atoms with Gasteiger partial charge in [0.1, 0.15) is 0 Å². The van der Waals surface area contributed by atoms with E-state index in [1.165, 1.54) is 0 Å². The predicted octanol–water partition coefficient (Wildman–Crippen LogP) is -0.251. The van der Waals surface area contributed by atoms with Crippen molar-refractivity contribution < 1.29 is 9.53 Å². The number of ether oxygens (including phenoxy) is 1. The summed E-state index contributed by atoms with van der Waals surface area (Å²) in [6, 6.07) is 0. The van der Waals surface area contributed by atoms with Crippen molar-refractivity contribution in [3.63, 3.8) is 0 Å². The predicted molar refractivity (Wildman–Crippen MR) is 52.9 cm³/mol. The zero-order valence-corrected chi connectivity index (χ0v) is 8.64. The number of amides is 1. The Morgan fingerprint density at radius 1 is 1.71 bits per heavy atom. The van der Waals surface area contributed by atoms with E-state index in [4.69, 9.17) is 4.74 Å². The Balaban J connectivity index is 1.72. The van der Waals surface area contributed by atoms with Gasteiger partial charge in [-0.15, -0.1) is 0 Å². The van der Waals surface area contributed by atoms with Crippen LogP contribution in [0.1, 0.15) is 12.8 Å². The van der Waals surface area contributed by atoms with E-state index in [2.05, 4.69) is 10.6 Å². The van der Waals surface area contributed by atoms with Crippen LogP contribution in [0.4, 0.5) is 0 Å². The van der Waals surface area contributed by atoms with Gasteiger partial charge in [-0.1, -0.05) is 0 Å². The summed E-state index contributed by atoms with van der Waals surface area (Å²) >= 11 is 0. The standard InChI is InChI=1S/C10H18N2O2/c1-14-5-4-12-9(13)8-6-10(8)2-3-11-7-10/h8,11H,2-7H2,1H3,(H,12,13). The van der Waals surface area contributed by atoms with Crippen molar-refractivity contribution in [3.05, 3.63) is 0 Å². The van der Waals surface area contributed by atoms with Gasteiger partial charge in [-0.2, -0.15) is 0 Å². The van der Waals surface area contributed by atoms with Crippen LogP contribution >= 0.6 is 0 Å². The number of carbonyl (C=O) groups is 1. The first kappa shape index (κ1) is 9.93. The minimum absolute atomic E-state index is 0.214. The molecule has 1 aliphatic carbocycles. The van der Waals surface area contributed by atoms with Crippen molar-refractivity contribution in [2.45, 2.75) is 12.8 Å². The van der Waals surface area contributed by atoms with E-state index >= 15 is 0 Å². The molecule has 0 aromatic rings. The number of hydrogen-bond acceptors (Lipinski definition) is 3. The molecule has 1 heterocycles. The van der Waals surface area contributed by atoms with Crippen LogP contribution < -0.4 is 10.6 Å². The maximum Gasteiger partial charge on any atom is 0.223 e. The van der Waals surface area contributed by atoms with Crippen molar-refractivity contribution in [2.75, 3.05) is 33.4 Å². The van der Waals surface area contributed by atoms with E-state index in [0.717, 1.165) is 25.9 Å². The summed E-state index contributed by atoms with van der Waals surface area (Å²) in [6.07, 6.45) is 2.23. The lowest BCUT2D eigenvalue weighted by Crippen LogP contribution is -2.30. The topological polar surface area (TPSA) is 50.4 Å². The van der Waals surface area contributed by atoms with Crippen molar-refractivity contribution >= 4 is 5.91 Å². The molecule has 4 nitrogen and oxygen atoms in total. The van der Waals surface area contributed by atoms with Crippen LogP contribution in [0.5, 0.6) is 0 Å². The summed E-state index contributed by atoms with van der Waals surface area (Å²) in [5.74, 6) is 0.472. The first-order valence-corrected chi connectivity index (χ1v) is 5.26. The van der Waals surface area contributed by atoms with Gasteiger partial charge in [0.05, 0.1) is 6.61 Å². The molecule has 0 radical (unpaired) electrons. The van der Waals surface area contributed by atoms with Crippen LogP contribution in [0.2, 0.25) is 0 Å². The maximum atomic E-state index is 11.6. The van der Waals surface area contributed by atoms with Gasteiger partial charge in [-0.25, -0.2) is 0 Å². The van der Waals surface area contributed by atoms with Gasteiger partial charge in [0.25, 0.3) is 0 Å². The molecule has 2 aliphatic rings. The summed E-state index contributed by atoms with van der Waals surface area (Å²) in [4.78, 5) is 11.6. The molecule has 2 atom stereocenters. The van der Waals surface area contributed by atoms with E-state index in [-0.39, 0.29) is 11.8 Å². The molecule has 2 rings (SSSR count). The van der Waals surface area contributed by atoms with Gasteiger partial charge < -0.3 is 15.4 Å². The Kier molecular flexibility index (Phi) is 2.74. The Morgan fingerprint density at radius 3 is 3.21 bits per heavy atom. The fourth-order valence-corrected chi connectivity index (χ4v) is 2.35. The number of nitrogens with one attached hydrogen (secondary N) is 2. The van der Waals surface area contributed by atoms with Gasteiger partial charge in [0.15, 0.2) is 0 Å². The van der Waals surface area contributed by atoms with E-state index in [1.807, 2.05) is 0 Å². The second-order valence-electron chi connectivity index (χ2n) is 4.33. The summed E-state index contributed by atoms with van der Waals surface area (Å²) in [5.41, 5.74) is 0.317. The Bertz CT molecular complexity index is 224. The zero-order valence-electron chi connectivity index (χ0n) is 8.64. The molecule has 2 fully saturated rings. The van der Waals surface area contributed by atoms with Crippen LogP contribution in [0, 0.1) is 11.3 Å². The Morgan fingerprint density at radius 2 is 2.57 bits per heavy atom. The fraction of sp³-hybridized carbons (Fsp3) is 0.900. The molecule has 1 aliphatic heterocycles. The third-order valence-electron chi connectivity index (χ3n) is 3.39. The second kappa shape index (κ2) is 3.87. The fourth-order valence-electron chi connectivity index (χ4n) is 2.35. The largest absolute Gasteiger partial charge is 0.383 e. The molecule has 0 aromatic carbocycles. The zero-order chi connectivity index (χ0) is 10.0. The van der Waals surface area contributed by atoms with E-state index in [1.54, 1.807) is 7.11 Å². The third kappa shape index (κ3) is 1.77. The molecule has 80 valence electrons. The highest BCUT2D eigenvalue weighted by Crippen LogP contribution is 2.56. The molecule has 2 unspecified atom stereocenters. The first-order valence-electron chi connectivity index (χ1n) is 5.26. The molecule has 1 saturated carbocycles. The van der Waals surface area contributed by atoms with E-state index in [9.17, 15) is 4.79 Å². The number of rotatable bonds is 4. The van der Waals surface area contributed by atoms with Gasteiger partial charge in [-0.3, -0.25) is 4.79 Å². The van der Waals surface area contributed by atoms with Gasteiger partial charge in [0.2, 0.25) is 5.91 Å². The molecule has 1 saturated heterocycles. The van der Waals surface area contributed by atoms with E-state index in [0.29, 0.717) is 18.6 Å². The normalized spacial score (nSPS) is 34.8. The molecule has 4 heteroatoms. The van der Waals surface area contributed by atoms with Crippen molar-refractivity contribution in [3.8, 4) is 0 Å². The average Bonchev–Trinajstić information content (AvgIpc) is 2.65. The highest BCUT2D eigenvalue weighted by atomic mass is 16.5. The quantitative estimate of drug-likeness (QED) is 0.612. The minimum atomic E-state index is 0.214. The minimum Gasteiger partial charge on any atom is -0.383 e. The van der Waals surface area contributed by atoms with Crippen LogP contribution in [-0.4, -0.2) is 39.3 Å². The van der Waals surface area contributed by atoms with Crippen LogP contribution in [0.3, 0.4) is 0 Å². The van der Waals surface area contributed by atoms with Crippen molar-refractivity contribution in [2.24, 2.45) is 11.3 Å². The summed E-state index contributed by atoms with van der Waals surface area (Å²) in [7, 11) is 1.64. The molecular weight excluding hydrogens is 180 g/mol. The lowest BCUT2D eigenvalue weighted by atomic mass is 10.0. The highest BCUT2D eigenvalue weighted by Gasteiger charge is 2.58. The average molecular weight is 198 g/mol. The lowest BCUT2D eigenvalue weighted by Gasteiger charge is -2.07. The second-order valence-corrected chi connectivity index (χ2v) is 4.33. The molecule has 2 N–H and O–H groups in total. The third-order valence-corrected chi connectivity index (χ3v) is 3.39. The first-order chi connectivity index (χ1) is 6.78. The van der Waals surface area contributed by atoms with Crippen LogP contribution in [-0.2, 0) is 9.53 Å². The number of carbonyl (C=O) groups excluding carboxylic acids is 1. The lowest BCUT2D eigenvalue weighted by molar-refractivity contribution is -0.123. The highest BCUT2D eigenvalue weighted by molar-refractivity contribution is 5.82. The Labute approximate surface area is 84.4 Å². The van der Waals surface area contributed by atoms with Crippen molar-refractivity contribution in [1.29, 1.82) is 0 Å². The monoisotopic (exact) mass is 198 g/mol. The number of hydrogen-bond donors (Lipinski definition) is 2. The smallest absolute Gasteiger partial charge is 0.223 e. The molecule has 0 bridgehead atoms. The number of methoxy groups -OCH3 is 1. The van der Waals surface area contributed by atoms with Gasteiger partial charge in [-0.05, 0) is 24.8 Å². The molecular formula is C10H18N2O2. The van der Waals surface area contributed by atoms with E-state index < -0.39 is 0 Å². The summed E-state index contributed by atoms with van der Waals surface area (Å²) in [6.45, 7) is 3.33. The maximum absolute atomic E-state index is 11.6. The summed E-state index contributed by atoms with van der Waals surface area (Å²) < 4.78 is 4.88. The molecule has 1 spiro atoms. The van der Waals surface area contributed by atoms with Crippen LogP contribution in [0.25, 0.3) is 0 Å².